The molecule has 2 aromatic carbocycles. The van der Waals surface area contributed by atoms with Gasteiger partial charge >= 0.3 is 0 Å². The maximum atomic E-state index is 13.8. The van der Waals surface area contributed by atoms with E-state index in [0.29, 0.717) is 29.8 Å². The standard InChI is InChI=1S/C27H20N2O3S/c1-17-11-23-24(26(30)29(17)15-18-5-3-2-4-6-18)25-22-8-7-19(14-28)12-20(22)13-27(31-23,32-25)21-9-10-33-16-21/h2-12,16,25H,13,15H2,1H3/t25?,27-/m0/s1. The Morgan fingerprint density at radius 1 is 1.18 bits per heavy atom. The van der Waals surface area contributed by atoms with Gasteiger partial charge in [0.15, 0.2) is 0 Å². The van der Waals surface area contributed by atoms with Crippen LogP contribution < -0.4 is 10.3 Å². The quantitative estimate of drug-likeness (QED) is 0.437. The normalized spacial score (nSPS) is 20.3. The van der Waals surface area contributed by atoms with Gasteiger partial charge in [0.05, 0.1) is 23.7 Å². The summed E-state index contributed by atoms with van der Waals surface area (Å²) < 4.78 is 14.9. The fourth-order valence-corrected chi connectivity index (χ4v) is 5.55. The third-order valence-corrected chi connectivity index (χ3v) is 7.16. The Kier molecular flexibility index (Phi) is 4.51. The van der Waals surface area contributed by atoms with Gasteiger partial charge < -0.3 is 14.0 Å². The minimum Gasteiger partial charge on any atom is -0.457 e. The van der Waals surface area contributed by atoms with Gasteiger partial charge in [-0.2, -0.15) is 16.6 Å². The number of fused-ring (bicyclic) bond motifs is 6. The van der Waals surface area contributed by atoms with Crippen LogP contribution in [0.3, 0.4) is 0 Å². The lowest BCUT2D eigenvalue weighted by Gasteiger charge is -2.46. The molecule has 4 heterocycles. The molecule has 5 nitrogen and oxygen atoms in total. The summed E-state index contributed by atoms with van der Waals surface area (Å²) in [6.45, 7) is 2.41. The number of hydrogen-bond acceptors (Lipinski definition) is 5. The maximum Gasteiger partial charge on any atom is 0.261 e. The number of aryl methyl sites for hydroxylation is 1. The highest BCUT2D eigenvalue weighted by molar-refractivity contribution is 7.08. The van der Waals surface area contributed by atoms with E-state index in [1.807, 2.05) is 72.3 Å². The van der Waals surface area contributed by atoms with Gasteiger partial charge in [-0.15, -0.1) is 0 Å². The van der Waals surface area contributed by atoms with Crippen LogP contribution in [0.1, 0.15) is 45.2 Å². The monoisotopic (exact) mass is 452 g/mol. The number of nitrogens with zero attached hydrogens (tertiary/aromatic N) is 2. The van der Waals surface area contributed by atoms with Crippen molar-refractivity contribution in [2.75, 3.05) is 0 Å². The fourth-order valence-electron chi connectivity index (χ4n) is 4.84. The highest BCUT2D eigenvalue weighted by Crippen LogP contribution is 2.51. The Balaban J connectivity index is 1.56. The molecule has 2 aliphatic heterocycles. The van der Waals surface area contributed by atoms with Crippen LogP contribution in [0.5, 0.6) is 5.75 Å². The molecule has 0 radical (unpaired) electrons. The third kappa shape index (κ3) is 3.12. The van der Waals surface area contributed by atoms with E-state index in [2.05, 4.69) is 6.07 Å². The number of pyridine rings is 1. The van der Waals surface area contributed by atoms with Crippen LogP contribution in [-0.4, -0.2) is 4.57 Å². The van der Waals surface area contributed by atoms with Crippen LogP contribution in [0, 0.1) is 18.3 Å². The van der Waals surface area contributed by atoms with Gasteiger partial charge in [0.1, 0.15) is 11.9 Å². The second-order valence-corrected chi connectivity index (χ2v) is 9.29. The summed E-state index contributed by atoms with van der Waals surface area (Å²) in [5, 5.41) is 13.4. The van der Waals surface area contributed by atoms with E-state index in [-0.39, 0.29) is 5.56 Å². The van der Waals surface area contributed by atoms with Crippen molar-refractivity contribution in [2.24, 2.45) is 0 Å². The number of benzene rings is 2. The number of aromatic nitrogens is 1. The summed E-state index contributed by atoms with van der Waals surface area (Å²) in [7, 11) is 0. The molecule has 0 spiro atoms. The Morgan fingerprint density at radius 3 is 2.79 bits per heavy atom. The summed E-state index contributed by atoms with van der Waals surface area (Å²) in [6, 6.07) is 21.7. The van der Waals surface area contributed by atoms with Crippen molar-refractivity contribution < 1.29 is 9.47 Å². The first kappa shape index (κ1) is 20.0. The average Bonchev–Trinajstić information content (AvgIpc) is 3.38. The molecule has 33 heavy (non-hydrogen) atoms. The van der Waals surface area contributed by atoms with E-state index in [1.165, 1.54) is 0 Å². The van der Waals surface area contributed by atoms with Crippen molar-refractivity contribution in [3.63, 3.8) is 0 Å². The van der Waals surface area contributed by atoms with Crippen LogP contribution in [0.15, 0.2) is 76.2 Å². The van der Waals surface area contributed by atoms with Crippen LogP contribution >= 0.6 is 11.3 Å². The Labute approximate surface area is 195 Å². The van der Waals surface area contributed by atoms with E-state index >= 15 is 0 Å². The maximum absolute atomic E-state index is 13.8. The number of rotatable bonds is 3. The summed E-state index contributed by atoms with van der Waals surface area (Å²) >= 11 is 1.57. The first-order valence-corrected chi connectivity index (χ1v) is 11.7. The van der Waals surface area contributed by atoms with Crippen molar-refractivity contribution in [1.82, 2.24) is 4.57 Å². The molecule has 2 bridgehead atoms. The first-order chi connectivity index (χ1) is 16.1. The highest BCUT2D eigenvalue weighted by Gasteiger charge is 2.50. The van der Waals surface area contributed by atoms with Crippen molar-refractivity contribution in [1.29, 1.82) is 5.26 Å². The van der Waals surface area contributed by atoms with E-state index in [0.717, 1.165) is 27.9 Å². The van der Waals surface area contributed by atoms with Gasteiger partial charge in [-0.1, -0.05) is 36.4 Å². The number of thiophene rings is 1. The third-order valence-electron chi connectivity index (χ3n) is 6.47. The highest BCUT2D eigenvalue weighted by atomic mass is 32.1. The fraction of sp³-hybridized carbons (Fsp3) is 0.185. The summed E-state index contributed by atoms with van der Waals surface area (Å²) in [6.07, 6.45) is -0.100. The van der Waals surface area contributed by atoms with Gasteiger partial charge in [-0.05, 0) is 47.2 Å². The summed E-state index contributed by atoms with van der Waals surface area (Å²) in [5.74, 6) is -0.456. The summed E-state index contributed by atoms with van der Waals surface area (Å²) in [5.41, 5.74) is 5.66. The van der Waals surface area contributed by atoms with E-state index in [4.69, 9.17) is 9.47 Å². The Bertz CT molecular complexity index is 1470. The largest absolute Gasteiger partial charge is 0.457 e. The molecule has 0 amide bonds. The Hall–Kier alpha value is -3.66. The zero-order valence-electron chi connectivity index (χ0n) is 17.9. The lowest BCUT2D eigenvalue weighted by atomic mass is 9.84. The molecular weight excluding hydrogens is 432 g/mol. The number of nitriles is 1. The van der Waals surface area contributed by atoms with Gasteiger partial charge in [-0.25, -0.2) is 0 Å². The molecule has 2 atom stereocenters. The number of hydrogen-bond donors (Lipinski definition) is 0. The molecule has 6 heteroatoms. The van der Waals surface area contributed by atoms with Crippen molar-refractivity contribution in [3.05, 3.63) is 121 Å². The van der Waals surface area contributed by atoms with Gasteiger partial charge in [0.25, 0.3) is 5.56 Å². The predicted molar refractivity (Wildman–Crippen MR) is 125 cm³/mol. The van der Waals surface area contributed by atoms with Crippen LogP contribution in [-0.2, 0) is 23.5 Å². The molecule has 0 aliphatic carbocycles. The predicted octanol–water partition coefficient (Wildman–Crippen LogP) is 5.05. The van der Waals surface area contributed by atoms with Crippen LogP contribution in [0.2, 0.25) is 0 Å². The summed E-state index contributed by atoms with van der Waals surface area (Å²) in [4.78, 5) is 13.8. The molecule has 0 N–H and O–H groups in total. The SMILES string of the molecule is Cc1cc2c(c(=O)n1Cc1ccccc1)C1O[C@](c3ccsc3)(Cc3cc(C#N)ccc31)O2. The second kappa shape index (κ2) is 7.45. The van der Waals surface area contributed by atoms with Gasteiger partial charge in [0, 0.05) is 29.1 Å². The molecule has 4 aromatic rings. The molecule has 6 rings (SSSR count). The van der Waals surface area contributed by atoms with Crippen molar-refractivity contribution in [3.8, 4) is 11.8 Å². The van der Waals surface area contributed by atoms with E-state index in [1.54, 1.807) is 22.0 Å². The second-order valence-electron chi connectivity index (χ2n) is 8.51. The lowest BCUT2D eigenvalue weighted by molar-refractivity contribution is -0.237. The lowest BCUT2D eigenvalue weighted by Crippen LogP contribution is -2.48. The minimum atomic E-state index is -1.02. The van der Waals surface area contributed by atoms with Crippen molar-refractivity contribution in [2.45, 2.75) is 31.8 Å². The zero-order valence-corrected chi connectivity index (χ0v) is 18.8. The van der Waals surface area contributed by atoms with Crippen LogP contribution in [0.25, 0.3) is 0 Å². The van der Waals surface area contributed by atoms with Crippen molar-refractivity contribution >= 4 is 11.3 Å². The molecule has 2 aromatic heterocycles. The molecule has 2 aliphatic rings. The molecular formula is C27H20N2O3S. The molecule has 1 unspecified atom stereocenters. The molecule has 0 saturated carbocycles. The smallest absolute Gasteiger partial charge is 0.261 e. The molecule has 0 saturated heterocycles. The van der Waals surface area contributed by atoms with Crippen LogP contribution in [0.4, 0.5) is 0 Å². The topological polar surface area (TPSA) is 64.2 Å². The Morgan fingerprint density at radius 2 is 2.03 bits per heavy atom. The van der Waals surface area contributed by atoms with Gasteiger partial charge in [0.2, 0.25) is 5.79 Å². The average molecular weight is 453 g/mol. The zero-order chi connectivity index (χ0) is 22.6. The first-order valence-electron chi connectivity index (χ1n) is 10.8. The van der Waals surface area contributed by atoms with E-state index in [9.17, 15) is 10.1 Å². The molecule has 0 fully saturated rings. The molecule has 162 valence electrons. The van der Waals surface area contributed by atoms with E-state index < -0.39 is 11.9 Å². The van der Waals surface area contributed by atoms with Gasteiger partial charge in [-0.3, -0.25) is 4.79 Å². The minimum absolute atomic E-state index is 0.116. The number of ether oxygens (including phenoxy) is 2.